The summed E-state index contributed by atoms with van der Waals surface area (Å²) in [5.74, 6) is 0.552. The van der Waals surface area contributed by atoms with Crippen LogP contribution in [0.2, 0.25) is 0 Å². The van der Waals surface area contributed by atoms with Crippen molar-refractivity contribution in [1.82, 2.24) is 4.98 Å². The fraction of sp³-hybridized carbons (Fsp3) is 0.0800. The van der Waals surface area contributed by atoms with E-state index >= 15 is 0 Å². The lowest BCUT2D eigenvalue weighted by Gasteiger charge is -2.05. The molecule has 6 heteroatoms. The highest BCUT2D eigenvalue weighted by molar-refractivity contribution is 6.22. The third-order valence-corrected chi connectivity index (χ3v) is 5.20. The number of esters is 1. The Hall–Kier alpha value is -4.19. The van der Waals surface area contributed by atoms with E-state index in [2.05, 4.69) is 4.98 Å². The van der Waals surface area contributed by atoms with Crippen LogP contribution in [0, 0.1) is 0 Å². The zero-order valence-electron chi connectivity index (χ0n) is 16.6. The molecule has 1 aliphatic rings. The molecule has 0 amide bonds. The lowest BCUT2D eigenvalue weighted by molar-refractivity contribution is 0.0468. The second-order valence-electron chi connectivity index (χ2n) is 7.08. The number of rotatable bonds is 5. The molecule has 31 heavy (non-hydrogen) atoms. The van der Waals surface area contributed by atoms with Gasteiger partial charge in [-0.15, -0.1) is 0 Å². The van der Waals surface area contributed by atoms with Crippen molar-refractivity contribution in [2.24, 2.45) is 0 Å². The van der Waals surface area contributed by atoms with Crippen LogP contribution in [-0.2, 0) is 11.3 Å². The van der Waals surface area contributed by atoms with Crippen LogP contribution in [0.1, 0.15) is 32.0 Å². The van der Waals surface area contributed by atoms with Crippen molar-refractivity contribution in [2.45, 2.75) is 6.61 Å². The first kappa shape index (κ1) is 18.8. The van der Waals surface area contributed by atoms with Crippen LogP contribution < -0.4 is 4.74 Å². The summed E-state index contributed by atoms with van der Waals surface area (Å²) in [5.41, 5.74) is 4.47. The zero-order valence-corrected chi connectivity index (χ0v) is 16.6. The van der Waals surface area contributed by atoms with E-state index in [0.29, 0.717) is 28.3 Å². The van der Waals surface area contributed by atoms with Gasteiger partial charge in [-0.25, -0.2) is 9.78 Å². The molecule has 0 radical (unpaired) electrons. The second kappa shape index (κ2) is 7.57. The standard InChI is InChI=1S/C25H17NO5/c1-29-18-9-6-15(7-10-18)24-26-17(13-30-24)14-31-25(28)16-8-11-20-19-4-2-3-5-21(19)23(27)22(20)12-16/h2-13H,14H2,1H3. The first-order valence-electron chi connectivity index (χ1n) is 9.68. The number of carbonyl (C=O) groups excluding carboxylic acids is 2. The predicted molar refractivity (Wildman–Crippen MR) is 113 cm³/mol. The molecule has 1 heterocycles. The Morgan fingerprint density at radius 2 is 1.68 bits per heavy atom. The SMILES string of the molecule is COc1ccc(-c2nc(COC(=O)c3ccc4c(c3)C(=O)c3ccccc3-4)co2)cc1. The summed E-state index contributed by atoms with van der Waals surface area (Å²) in [6.45, 7) is -0.0380. The number of benzene rings is 3. The van der Waals surface area contributed by atoms with E-state index < -0.39 is 5.97 Å². The number of hydrogen-bond donors (Lipinski definition) is 0. The van der Waals surface area contributed by atoms with Gasteiger partial charge in [-0.3, -0.25) is 4.79 Å². The Kier molecular flexibility index (Phi) is 4.59. The van der Waals surface area contributed by atoms with Crippen molar-refractivity contribution < 1.29 is 23.5 Å². The number of nitrogens with zero attached hydrogens (tertiary/aromatic N) is 1. The average Bonchev–Trinajstić information content (AvgIpc) is 3.41. The van der Waals surface area contributed by atoms with Crippen molar-refractivity contribution >= 4 is 11.8 Å². The Morgan fingerprint density at radius 1 is 0.935 bits per heavy atom. The van der Waals surface area contributed by atoms with Crippen LogP contribution in [0.5, 0.6) is 5.75 Å². The number of ether oxygens (including phenoxy) is 2. The number of fused-ring (bicyclic) bond motifs is 3. The van der Waals surface area contributed by atoms with Gasteiger partial charge >= 0.3 is 5.97 Å². The molecule has 0 saturated heterocycles. The van der Waals surface area contributed by atoms with Gasteiger partial charge in [-0.2, -0.15) is 0 Å². The number of methoxy groups -OCH3 is 1. The van der Waals surface area contributed by atoms with Gasteiger partial charge in [0.05, 0.1) is 12.7 Å². The van der Waals surface area contributed by atoms with E-state index in [9.17, 15) is 9.59 Å². The molecule has 0 fully saturated rings. The minimum absolute atomic E-state index is 0.0380. The summed E-state index contributed by atoms with van der Waals surface area (Å²) >= 11 is 0. The predicted octanol–water partition coefficient (Wildman–Crippen LogP) is 4.92. The number of ketones is 1. The summed E-state index contributed by atoms with van der Waals surface area (Å²) in [7, 11) is 1.60. The van der Waals surface area contributed by atoms with Crippen molar-refractivity contribution in [1.29, 1.82) is 0 Å². The van der Waals surface area contributed by atoms with E-state index in [-0.39, 0.29) is 12.4 Å². The molecule has 0 N–H and O–H groups in total. The summed E-state index contributed by atoms with van der Waals surface area (Å²) in [5, 5.41) is 0. The van der Waals surface area contributed by atoms with Crippen LogP contribution in [0.3, 0.4) is 0 Å². The normalized spacial score (nSPS) is 11.7. The highest BCUT2D eigenvalue weighted by Crippen LogP contribution is 2.36. The average molecular weight is 411 g/mol. The Labute approximate surface area is 178 Å². The lowest BCUT2D eigenvalue weighted by atomic mass is 10.0. The molecule has 0 bridgehead atoms. The highest BCUT2D eigenvalue weighted by atomic mass is 16.5. The molecule has 152 valence electrons. The Bertz CT molecular complexity index is 1300. The van der Waals surface area contributed by atoms with Gasteiger partial charge in [0, 0.05) is 16.7 Å². The number of carbonyl (C=O) groups is 2. The Balaban J connectivity index is 1.29. The van der Waals surface area contributed by atoms with Crippen LogP contribution in [0.25, 0.3) is 22.6 Å². The van der Waals surface area contributed by atoms with Gasteiger partial charge in [-0.05, 0) is 47.5 Å². The summed E-state index contributed by atoms with van der Waals surface area (Å²) < 4.78 is 16.0. The maximum absolute atomic E-state index is 12.6. The number of oxazole rings is 1. The summed E-state index contributed by atoms with van der Waals surface area (Å²) in [6.07, 6.45) is 1.45. The minimum atomic E-state index is -0.527. The van der Waals surface area contributed by atoms with Gasteiger partial charge in [0.2, 0.25) is 5.89 Å². The molecule has 0 unspecified atom stereocenters. The van der Waals surface area contributed by atoms with Gasteiger partial charge < -0.3 is 13.9 Å². The molecule has 1 aromatic heterocycles. The topological polar surface area (TPSA) is 78.6 Å². The molecule has 6 nitrogen and oxygen atoms in total. The largest absolute Gasteiger partial charge is 0.497 e. The van der Waals surface area contributed by atoms with Crippen molar-refractivity contribution in [2.75, 3.05) is 7.11 Å². The summed E-state index contributed by atoms with van der Waals surface area (Å²) in [6, 6.07) is 19.8. The van der Waals surface area contributed by atoms with E-state index in [1.54, 1.807) is 31.4 Å². The highest BCUT2D eigenvalue weighted by Gasteiger charge is 2.27. The molecular weight excluding hydrogens is 394 g/mol. The zero-order chi connectivity index (χ0) is 21.4. The molecule has 0 saturated carbocycles. The van der Waals surface area contributed by atoms with Crippen molar-refractivity contribution in [3.8, 4) is 28.3 Å². The van der Waals surface area contributed by atoms with Gasteiger partial charge in [0.25, 0.3) is 0 Å². The molecule has 1 aliphatic carbocycles. The maximum atomic E-state index is 12.6. The van der Waals surface area contributed by atoms with Crippen LogP contribution in [-0.4, -0.2) is 23.8 Å². The molecular formula is C25H17NO5. The number of hydrogen-bond acceptors (Lipinski definition) is 6. The van der Waals surface area contributed by atoms with E-state index in [4.69, 9.17) is 13.9 Å². The van der Waals surface area contributed by atoms with Gasteiger partial charge in [0.1, 0.15) is 24.3 Å². The third-order valence-electron chi connectivity index (χ3n) is 5.20. The molecule has 4 aromatic rings. The fourth-order valence-corrected chi connectivity index (χ4v) is 3.62. The minimum Gasteiger partial charge on any atom is -0.497 e. The lowest BCUT2D eigenvalue weighted by Crippen LogP contribution is -2.07. The monoisotopic (exact) mass is 411 g/mol. The molecule has 0 spiro atoms. The molecule has 5 rings (SSSR count). The van der Waals surface area contributed by atoms with E-state index in [1.165, 1.54) is 6.26 Å². The summed E-state index contributed by atoms with van der Waals surface area (Å²) in [4.78, 5) is 29.5. The van der Waals surface area contributed by atoms with Crippen molar-refractivity contribution in [3.63, 3.8) is 0 Å². The number of aromatic nitrogens is 1. The van der Waals surface area contributed by atoms with Crippen molar-refractivity contribution in [3.05, 3.63) is 95.4 Å². The quantitative estimate of drug-likeness (QED) is 0.382. The molecule has 0 atom stereocenters. The van der Waals surface area contributed by atoms with Crippen LogP contribution in [0.15, 0.2) is 77.4 Å². The first-order chi connectivity index (χ1) is 15.1. The van der Waals surface area contributed by atoms with Gasteiger partial charge in [0.15, 0.2) is 5.78 Å². The van der Waals surface area contributed by atoms with E-state index in [1.807, 2.05) is 42.5 Å². The first-order valence-corrected chi connectivity index (χ1v) is 9.68. The van der Waals surface area contributed by atoms with E-state index in [0.717, 1.165) is 22.4 Å². The smallest absolute Gasteiger partial charge is 0.338 e. The maximum Gasteiger partial charge on any atom is 0.338 e. The third kappa shape index (κ3) is 3.38. The molecule has 0 aliphatic heterocycles. The van der Waals surface area contributed by atoms with Gasteiger partial charge in [-0.1, -0.05) is 30.3 Å². The Morgan fingerprint density at radius 3 is 2.45 bits per heavy atom. The molecule has 3 aromatic carbocycles. The fourth-order valence-electron chi connectivity index (χ4n) is 3.62. The second-order valence-corrected chi connectivity index (χ2v) is 7.08. The van der Waals surface area contributed by atoms with Crippen LogP contribution in [0.4, 0.5) is 0 Å². The van der Waals surface area contributed by atoms with Crippen LogP contribution >= 0.6 is 0 Å².